The molecule has 3 heteroatoms. The molecule has 0 N–H and O–H groups in total. The smallest absolute Gasteiger partial charge is 0.227 e. The fraction of sp³-hybridized carbons (Fsp3) is 0.353. The Morgan fingerprint density at radius 3 is 2.90 bits per heavy atom. The van der Waals surface area contributed by atoms with Crippen LogP contribution in [0.1, 0.15) is 12.8 Å². The van der Waals surface area contributed by atoms with Crippen LogP contribution in [0.3, 0.4) is 0 Å². The molecular formula is C17H17NO2. The fourth-order valence-electron chi connectivity index (χ4n) is 3.52. The third kappa shape index (κ3) is 1.69. The first-order chi connectivity index (χ1) is 9.84. The summed E-state index contributed by atoms with van der Waals surface area (Å²) in [6.45, 7) is 0. The molecule has 0 spiro atoms. The lowest BCUT2D eigenvalue weighted by Crippen LogP contribution is -2.52. The van der Waals surface area contributed by atoms with Crippen LogP contribution < -0.4 is 0 Å². The van der Waals surface area contributed by atoms with E-state index in [1.54, 1.807) is 0 Å². The van der Waals surface area contributed by atoms with E-state index >= 15 is 0 Å². The summed E-state index contributed by atoms with van der Waals surface area (Å²) in [6, 6.07) is 0.118. The molecule has 0 saturated carbocycles. The summed E-state index contributed by atoms with van der Waals surface area (Å²) in [5.41, 5.74) is 0. The normalized spacial score (nSPS) is 37.5. The van der Waals surface area contributed by atoms with Crippen molar-refractivity contribution >= 4 is 5.91 Å². The van der Waals surface area contributed by atoms with Crippen molar-refractivity contribution in [3.05, 3.63) is 60.4 Å². The van der Waals surface area contributed by atoms with E-state index in [-0.39, 0.29) is 30.0 Å². The molecule has 4 aliphatic rings. The van der Waals surface area contributed by atoms with Crippen LogP contribution in [0.25, 0.3) is 0 Å². The number of rotatable bonds is 0. The molecule has 0 aromatic carbocycles. The molecule has 2 aliphatic heterocycles. The number of hydrogen-bond donors (Lipinski definition) is 0. The van der Waals surface area contributed by atoms with Crippen LogP contribution in [0.2, 0.25) is 0 Å². The molecule has 3 nitrogen and oxygen atoms in total. The molecule has 1 saturated heterocycles. The summed E-state index contributed by atoms with van der Waals surface area (Å²) in [7, 11) is 0. The first kappa shape index (κ1) is 11.8. The first-order valence-electron chi connectivity index (χ1n) is 7.21. The van der Waals surface area contributed by atoms with Gasteiger partial charge < -0.3 is 9.64 Å². The van der Waals surface area contributed by atoms with Crippen LogP contribution in [0.5, 0.6) is 0 Å². The van der Waals surface area contributed by atoms with Gasteiger partial charge in [-0.3, -0.25) is 4.79 Å². The molecular weight excluding hydrogens is 250 g/mol. The SMILES string of the molecule is O=C1CC=CC2C3CC=CC=C3OC3C=CC=CC3N12. The topological polar surface area (TPSA) is 29.5 Å². The van der Waals surface area contributed by atoms with Crippen molar-refractivity contribution in [3.63, 3.8) is 0 Å². The summed E-state index contributed by atoms with van der Waals surface area (Å²) in [6.07, 6.45) is 19.9. The van der Waals surface area contributed by atoms with Crippen LogP contribution in [0, 0.1) is 5.92 Å². The van der Waals surface area contributed by atoms with E-state index in [9.17, 15) is 4.79 Å². The Balaban J connectivity index is 1.82. The van der Waals surface area contributed by atoms with E-state index < -0.39 is 0 Å². The molecule has 4 atom stereocenters. The van der Waals surface area contributed by atoms with Crippen molar-refractivity contribution in [3.8, 4) is 0 Å². The van der Waals surface area contributed by atoms with Crippen LogP contribution in [-0.2, 0) is 9.53 Å². The Labute approximate surface area is 118 Å². The molecule has 102 valence electrons. The predicted molar refractivity (Wildman–Crippen MR) is 76.7 cm³/mol. The molecule has 2 heterocycles. The number of amides is 1. The van der Waals surface area contributed by atoms with Crippen LogP contribution in [0.15, 0.2) is 60.4 Å². The van der Waals surface area contributed by atoms with Crippen LogP contribution in [0.4, 0.5) is 0 Å². The zero-order chi connectivity index (χ0) is 13.5. The zero-order valence-corrected chi connectivity index (χ0v) is 11.2. The molecule has 4 rings (SSSR count). The van der Waals surface area contributed by atoms with E-state index in [4.69, 9.17) is 4.74 Å². The lowest BCUT2D eigenvalue weighted by molar-refractivity contribution is -0.135. The minimum absolute atomic E-state index is 0.00829. The highest BCUT2D eigenvalue weighted by Crippen LogP contribution is 2.38. The Morgan fingerprint density at radius 1 is 1.05 bits per heavy atom. The Morgan fingerprint density at radius 2 is 1.95 bits per heavy atom. The van der Waals surface area contributed by atoms with Crippen LogP contribution >= 0.6 is 0 Å². The highest BCUT2D eigenvalue weighted by Gasteiger charge is 2.43. The summed E-state index contributed by atoms with van der Waals surface area (Å²) >= 11 is 0. The highest BCUT2D eigenvalue weighted by molar-refractivity contribution is 5.80. The number of fused-ring (bicyclic) bond motifs is 5. The third-order valence-electron chi connectivity index (χ3n) is 4.45. The Hall–Kier alpha value is -2.03. The summed E-state index contributed by atoms with van der Waals surface area (Å²) in [4.78, 5) is 14.5. The van der Waals surface area contributed by atoms with E-state index in [1.165, 1.54) is 0 Å². The van der Waals surface area contributed by atoms with Crippen molar-refractivity contribution < 1.29 is 9.53 Å². The Bertz CT molecular complexity index is 582. The molecule has 0 aromatic rings. The zero-order valence-electron chi connectivity index (χ0n) is 11.2. The molecule has 1 amide bonds. The second-order valence-electron chi connectivity index (χ2n) is 5.61. The largest absolute Gasteiger partial charge is 0.488 e. The predicted octanol–water partition coefficient (Wildman–Crippen LogP) is 2.50. The average Bonchev–Trinajstić information content (AvgIpc) is 2.62. The third-order valence-corrected chi connectivity index (χ3v) is 4.45. The van der Waals surface area contributed by atoms with Gasteiger partial charge in [0.15, 0.2) is 0 Å². The van der Waals surface area contributed by atoms with Crippen LogP contribution in [-0.4, -0.2) is 29.0 Å². The van der Waals surface area contributed by atoms with Crippen molar-refractivity contribution in [2.24, 2.45) is 5.92 Å². The van der Waals surface area contributed by atoms with Gasteiger partial charge in [-0.1, -0.05) is 42.5 Å². The fourth-order valence-corrected chi connectivity index (χ4v) is 3.52. The number of nitrogens with zero attached hydrogens (tertiary/aromatic N) is 1. The highest BCUT2D eigenvalue weighted by atomic mass is 16.5. The average molecular weight is 267 g/mol. The standard InChI is InChI=1S/C17H17NO2/c19-17-11-5-8-13-12-6-1-3-9-15(12)20-16-10-4-2-7-14(16)18(13)17/h1-5,7-10,12-14,16H,6,11H2. The van der Waals surface area contributed by atoms with Gasteiger partial charge in [0.2, 0.25) is 5.91 Å². The number of ether oxygens (including phenoxy) is 1. The minimum atomic E-state index is -0.0688. The Kier molecular flexibility index (Phi) is 2.66. The lowest BCUT2D eigenvalue weighted by Gasteiger charge is -2.39. The maximum atomic E-state index is 12.4. The number of carbonyl (C=O) groups excluding carboxylic acids is 1. The summed E-state index contributed by atoms with van der Waals surface area (Å²) < 4.78 is 6.20. The van der Waals surface area contributed by atoms with Gasteiger partial charge in [-0.25, -0.2) is 0 Å². The first-order valence-corrected chi connectivity index (χ1v) is 7.21. The maximum absolute atomic E-state index is 12.4. The molecule has 0 bridgehead atoms. The van der Waals surface area contributed by atoms with E-state index in [2.05, 4.69) is 24.3 Å². The van der Waals surface area contributed by atoms with Crippen molar-refractivity contribution in [2.75, 3.05) is 0 Å². The molecule has 20 heavy (non-hydrogen) atoms. The minimum Gasteiger partial charge on any atom is -0.488 e. The van der Waals surface area contributed by atoms with Crippen molar-refractivity contribution in [1.29, 1.82) is 0 Å². The molecule has 2 aliphatic carbocycles. The molecule has 1 fully saturated rings. The quantitative estimate of drug-likeness (QED) is 0.631. The van der Waals surface area contributed by atoms with Crippen molar-refractivity contribution in [1.82, 2.24) is 4.90 Å². The number of carbonyl (C=O) groups is 1. The van der Waals surface area contributed by atoms with Crippen molar-refractivity contribution in [2.45, 2.75) is 31.0 Å². The van der Waals surface area contributed by atoms with Gasteiger partial charge in [0.25, 0.3) is 0 Å². The second-order valence-corrected chi connectivity index (χ2v) is 5.61. The number of hydrogen-bond acceptors (Lipinski definition) is 2. The lowest BCUT2D eigenvalue weighted by atomic mass is 9.87. The van der Waals surface area contributed by atoms with Gasteiger partial charge in [0.1, 0.15) is 11.9 Å². The van der Waals surface area contributed by atoms with Gasteiger partial charge in [-0.2, -0.15) is 0 Å². The maximum Gasteiger partial charge on any atom is 0.227 e. The summed E-state index contributed by atoms with van der Waals surface area (Å²) in [5.74, 6) is 1.45. The van der Waals surface area contributed by atoms with E-state index in [1.807, 2.05) is 35.3 Å². The molecule has 0 radical (unpaired) electrons. The van der Waals surface area contributed by atoms with Gasteiger partial charge >= 0.3 is 0 Å². The summed E-state index contributed by atoms with van der Waals surface area (Å²) in [5, 5.41) is 0. The monoisotopic (exact) mass is 267 g/mol. The van der Waals surface area contributed by atoms with E-state index in [0.29, 0.717) is 6.42 Å². The second kappa shape index (κ2) is 4.51. The van der Waals surface area contributed by atoms with Gasteiger partial charge in [0.05, 0.1) is 12.1 Å². The van der Waals surface area contributed by atoms with Gasteiger partial charge in [-0.05, 0) is 18.6 Å². The van der Waals surface area contributed by atoms with Gasteiger partial charge in [-0.15, -0.1) is 0 Å². The van der Waals surface area contributed by atoms with E-state index in [0.717, 1.165) is 12.2 Å². The molecule has 0 aromatic heterocycles. The molecule has 4 unspecified atom stereocenters. The number of allylic oxidation sites excluding steroid dienone is 5. The van der Waals surface area contributed by atoms with Gasteiger partial charge in [0, 0.05) is 12.3 Å².